The minimum Gasteiger partial charge on any atom is -0.497 e. The average molecular weight is 457 g/mol. The van der Waals surface area contributed by atoms with Crippen molar-refractivity contribution in [1.29, 1.82) is 0 Å². The Hall–Kier alpha value is -4.59. The molecule has 1 amide bonds. The maximum Gasteiger partial charge on any atom is 0.255 e. The van der Waals surface area contributed by atoms with E-state index in [9.17, 15) is 4.79 Å². The molecule has 0 aliphatic heterocycles. The molecule has 0 spiro atoms. The lowest BCUT2D eigenvalue weighted by atomic mass is 10.1. The maximum absolute atomic E-state index is 12.7. The van der Waals surface area contributed by atoms with Gasteiger partial charge in [-0.15, -0.1) is 0 Å². The molecule has 0 saturated heterocycles. The van der Waals surface area contributed by atoms with Crippen molar-refractivity contribution in [3.63, 3.8) is 0 Å². The van der Waals surface area contributed by atoms with Crippen molar-refractivity contribution in [3.8, 4) is 40.1 Å². The third kappa shape index (κ3) is 5.24. The third-order valence-corrected chi connectivity index (χ3v) is 4.98. The zero-order valence-corrected chi connectivity index (χ0v) is 18.9. The maximum atomic E-state index is 12.7. The van der Waals surface area contributed by atoms with Crippen LogP contribution in [0.15, 0.2) is 79.1 Å². The number of carbonyl (C=O) groups is 1. The van der Waals surface area contributed by atoms with Gasteiger partial charge in [-0.25, -0.2) is 9.97 Å². The Balaban J connectivity index is 1.49. The summed E-state index contributed by atoms with van der Waals surface area (Å²) in [5, 5.41) is 2.86. The van der Waals surface area contributed by atoms with Crippen LogP contribution in [0.5, 0.6) is 28.9 Å². The highest BCUT2D eigenvalue weighted by atomic mass is 16.5. The Morgan fingerprint density at radius 3 is 2.09 bits per heavy atom. The van der Waals surface area contributed by atoms with Crippen LogP contribution in [0, 0.1) is 0 Å². The Labute approximate surface area is 197 Å². The van der Waals surface area contributed by atoms with E-state index in [0.29, 0.717) is 45.8 Å². The summed E-state index contributed by atoms with van der Waals surface area (Å²) in [4.78, 5) is 21.2. The molecule has 1 heterocycles. The van der Waals surface area contributed by atoms with Crippen molar-refractivity contribution in [3.05, 3.63) is 84.7 Å². The van der Waals surface area contributed by atoms with Gasteiger partial charge in [0, 0.05) is 41.1 Å². The molecule has 4 aromatic rings. The van der Waals surface area contributed by atoms with Crippen molar-refractivity contribution in [2.45, 2.75) is 0 Å². The number of para-hydroxylation sites is 2. The van der Waals surface area contributed by atoms with E-state index in [2.05, 4.69) is 15.3 Å². The SMILES string of the molecule is COc1cc(NC(=O)c2ccc(-c3cc(Oc4ccccc4OC)ncn3)cc2)cc(OC)c1. The molecule has 172 valence electrons. The van der Waals surface area contributed by atoms with Crippen LogP contribution in [-0.2, 0) is 0 Å². The summed E-state index contributed by atoms with van der Waals surface area (Å²) < 4.78 is 21.7. The van der Waals surface area contributed by atoms with E-state index in [1.54, 1.807) is 63.8 Å². The molecule has 0 aliphatic carbocycles. The summed E-state index contributed by atoms with van der Waals surface area (Å²) in [5.74, 6) is 2.44. The van der Waals surface area contributed by atoms with E-state index in [-0.39, 0.29) is 5.91 Å². The predicted molar refractivity (Wildman–Crippen MR) is 128 cm³/mol. The van der Waals surface area contributed by atoms with Crippen LogP contribution in [0.25, 0.3) is 11.3 Å². The van der Waals surface area contributed by atoms with E-state index >= 15 is 0 Å². The highest BCUT2D eigenvalue weighted by Crippen LogP contribution is 2.31. The lowest BCUT2D eigenvalue weighted by Gasteiger charge is -2.11. The molecule has 1 aromatic heterocycles. The fraction of sp³-hybridized carbons (Fsp3) is 0.115. The lowest BCUT2D eigenvalue weighted by Crippen LogP contribution is -2.12. The standard InChI is InChI=1S/C26H23N3O5/c1-31-20-12-19(13-21(14-20)32-2)29-26(30)18-10-8-17(9-11-18)22-15-25(28-16-27-22)34-24-7-5-4-6-23(24)33-3/h4-16H,1-3H3,(H,29,30). The summed E-state index contributed by atoms with van der Waals surface area (Å²) in [5.41, 5.74) is 2.53. The van der Waals surface area contributed by atoms with Gasteiger partial charge in [-0.2, -0.15) is 0 Å². The molecule has 0 radical (unpaired) electrons. The summed E-state index contributed by atoms with van der Waals surface area (Å²) in [6, 6.07) is 21.3. The molecule has 0 bridgehead atoms. The first kappa shape index (κ1) is 22.6. The molecule has 0 atom stereocenters. The fourth-order valence-corrected chi connectivity index (χ4v) is 3.24. The quantitative estimate of drug-likeness (QED) is 0.388. The molecular weight excluding hydrogens is 434 g/mol. The first-order chi connectivity index (χ1) is 16.6. The number of hydrogen-bond acceptors (Lipinski definition) is 7. The normalized spacial score (nSPS) is 10.3. The fourth-order valence-electron chi connectivity index (χ4n) is 3.24. The molecular formula is C26H23N3O5. The summed E-state index contributed by atoms with van der Waals surface area (Å²) in [7, 11) is 4.69. The topological polar surface area (TPSA) is 91.8 Å². The summed E-state index contributed by atoms with van der Waals surface area (Å²) in [6.45, 7) is 0. The van der Waals surface area contributed by atoms with E-state index in [1.165, 1.54) is 6.33 Å². The second-order valence-corrected chi connectivity index (χ2v) is 7.13. The molecule has 1 N–H and O–H groups in total. The van der Waals surface area contributed by atoms with Crippen molar-refractivity contribution in [2.75, 3.05) is 26.6 Å². The second kappa shape index (κ2) is 10.4. The molecule has 0 fully saturated rings. The van der Waals surface area contributed by atoms with E-state index in [1.807, 2.05) is 30.3 Å². The van der Waals surface area contributed by atoms with Crippen LogP contribution in [0.3, 0.4) is 0 Å². The number of nitrogens with one attached hydrogen (secondary N) is 1. The van der Waals surface area contributed by atoms with Gasteiger partial charge in [0.15, 0.2) is 11.5 Å². The number of ether oxygens (including phenoxy) is 4. The van der Waals surface area contributed by atoms with Gasteiger partial charge in [0.2, 0.25) is 5.88 Å². The molecule has 0 unspecified atom stereocenters. The van der Waals surface area contributed by atoms with Crippen molar-refractivity contribution < 1.29 is 23.7 Å². The molecule has 8 heteroatoms. The zero-order valence-electron chi connectivity index (χ0n) is 18.9. The van der Waals surface area contributed by atoms with Crippen LogP contribution in [0.4, 0.5) is 5.69 Å². The number of rotatable bonds is 8. The highest BCUT2D eigenvalue weighted by molar-refractivity contribution is 6.04. The minimum absolute atomic E-state index is 0.260. The number of carbonyl (C=O) groups excluding carboxylic acids is 1. The molecule has 34 heavy (non-hydrogen) atoms. The van der Waals surface area contributed by atoms with E-state index < -0.39 is 0 Å². The Bertz CT molecular complexity index is 1270. The van der Waals surface area contributed by atoms with E-state index in [0.717, 1.165) is 5.56 Å². The van der Waals surface area contributed by atoms with Gasteiger partial charge in [0.25, 0.3) is 5.91 Å². The van der Waals surface area contributed by atoms with Gasteiger partial charge >= 0.3 is 0 Å². The Kier molecular flexibility index (Phi) is 6.88. The van der Waals surface area contributed by atoms with Gasteiger partial charge < -0.3 is 24.3 Å². The van der Waals surface area contributed by atoms with E-state index in [4.69, 9.17) is 18.9 Å². The zero-order chi connectivity index (χ0) is 23.9. The minimum atomic E-state index is -0.260. The third-order valence-electron chi connectivity index (χ3n) is 4.98. The summed E-state index contributed by atoms with van der Waals surface area (Å²) >= 11 is 0. The first-order valence-electron chi connectivity index (χ1n) is 10.4. The summed E-state index contributed by atoms with van der Waals surface area (Å²) in [6.07, 6.45) is 1.43. The Morgan fingerprint density at radius 1 is 0.765 bits per heavy atom. The van der Waals surface area contributed by atoms with Crippen LogP contribution < -0.4 is 24.3 Å². The number of hydrogen-bond donors (Lipinski definition) is 1. The van der Waals surface area contributed by atoms with Crippen LogP contribution in [-0.4, -0.2) is 37.2 Å². The molecule has 8 nitrogen and oxygen atoms in total. The number of aromatic nitrogens is 2. The van der Waals surface area contributed by atoms with Gasteiger partial charge in [-0.05, 0) is 24.3 Å². The van der Waals surface area contributed by atoms with Crippen molar-refractivity contribution in [1.82, 2.24) is 9.97 Å². The van der Waals surface area contributed by atoms with Crippen molar-refractivity contribution in [2.24, 2.45) is 0 Å². The second-order valence-electron chi connectivity index (χ2n) is 7.13. The number of nitrogens with zero attached hydrogens (tertiary/aromatic N) is 2. The number of anilines is 1. The van der Waals surface area contributed by atoms with Crippen LogP contribution >= 0.6 is 0 Å². The Morgan fingerprint density at radius 2 is 1.44 bits per heavy atom. The monoisotopic (exact) mass is 457 g/mol. The number of benzene rings is 3. The van der Waals surface area contributed by atoms with Gasteiger partial charge in [0.1, 0.15) is 17.8 Å². The number of methoxy groups -OCH3 is 3. The molecule has 3 aromatic carbocycles. The molecule has 0 saturated carbocycles. The van der Waals surface area contributed by atoms with Crippen LogP contribution in [0.2, 0.25) is 0 Å². The molecule has 4 rings (SSSR count). The smallest absolute Gasteiger partial charge is 0.255 e. The van der Waals surface area contributed by atoms with Gasteiger partial charge in [-0.3, -0.25) is 4.79 Å². The van der Waals surface area contributed by atoms with Crippen LogP contribution in [0.1, 0.15) is 10.4 Å². The lowest BCUT2D eigenvalue weighted by molar-refractivity contribution is 0.102. The predicted octanol–water partition coefficient (Wildman–Crippen LogP) is 5.21. The first-order valence-corrected chi connectivity index (χ1v) is 10.4. The van der Waals surface area contributed by atoms with Gasteiger partial charge in [-0.1, -0.05) is 24.3 Å². The number of amides is 1. The van der Waals surface area contributed by atoms with Gasteiger partial charge in [0.05, 0.1) is 27.0 Å². The average Bonchev–Trinajstić information content (AvgIpc) is 2.89. The highest BCUT2D eigenvalue weighted by Gasteiger charge is 2.11. The van der Waals surface area contributed by atoms with Crippen molar-refractivity contribution >= 4 is 11.6 Å². The largest absolute Gasteiger partial charge is 0.497 e. The molecule has 0 aliphatic rings.